The van der Waals surface area contributed by atoms with Crippen LogP contribution in [-0.2, 0) is 13.1 Å². The molecule has 132 valence electrons. The number of hydrogen-bond donors (Lipinski definition) is 1. The Morgan fingerprint density at radius 3 is 2.46 bits per heavy atom. The number of nitrogens with one attached hydrogen (secondary N) is 1. The lowest BCUT2D eigenvalue weighted by Gasteiger charge is -2.15. The smallest absolute Gasteiger partial charge is 0.189 e. The monoisotopic (exact) mass is 363 g/mol. The third kappa shape index (κ3) is 5.26. The lowest BCUT2D eigenvalue weighted by Crippen LogP contribution is -2.33. The standard InChI is InChI=1S/C20H21N5S/c1-24(20(26)21-12-17-8-4-2-5-9-17)22-13-19-14-23-25(16-19)15-18-10-6-3-7-11-18/h2-11,13-14,16H,12,15H2,1H3,(H,21,26)/b22-13-. The minimum atomic E-state index is 0.571. The van der Waals surface area contributed by atoms with Crippen molar-refractivity contribution in [3.8, 4) is 0 Å². The third-order valence-corrected chi connectivity index (χ3v) is 4.21. The molecule has 0 unspecified atom stereocenters. The summed E-state index contributed by atoms with van der Waals surface area (Å²) >= 11 is 5.36. The van der Waals surface area contributed by atoms with Crippen molar-refractivity contribution in [3.05, 3.63) is 89.7 Å². The first-order valence-electron chi connectivity index (χ1n) is 8.36. The fraction of sp³-hybridized carbons (Fsp3) is 0.150. The van der Waals surface area contributed by atoms with E-state index in [1.54, 1.807) is 17.4 Å². The molecule has 1 heterocycles. The zero-order valence-electron chi connectivity index (χ0n) is 14.6. The van der Waals surface area contributed by atoms with Crippen molar-refractivity contribution in [3.63, 3.8) is 0 Å². The predicted octanol–water partition coefficient (Wildman–Crippen LogP) is 3.27. The molecule has 2 aromatic carbocycles. The number of rotatable bonds is 6. The van der Waals surface area contributed by atoms with Crippen LogP contribution in [0.15, 0.2) is 78.2 Å². The Balaban J connectivity index is 1.51. The van der Waals surface area contributed by atoms with Gasteiger partial charge >= 0.3 is 0 Å². The normalized spacial score (nSPS) is 10.8. The maximum Gasteiger partial charge on any atom is 0.189 e. The Morgan fingerprint density at radius 1 is 1.12 bits per heavy atom. The van der Waals surface area contributed by atoms with Gasteiger partial charge in [-0.15, -0.1) is 0 Å². The van der Waals surface area contributed by atoms with Crippen LogP contribution in [0.2, 0.25) is 0 Å². The molecule has 0 aliphatic carbocycles. The van der Waals surface area contributed by atoms with Crippen molar-refractivity contribution < 1.29 is 0 Å². The van der Waals surface area contributed by atoms with Crippen LogP contribution in [-0.4, -0.2) is 33.2 Å². The Labute approximate surface area is 159 Å². The summed E-state index contributed by atoms with van der Waals surface area (Å²) in [5.74, 6) is 0. The summed E-state index contributed by atoms with van der Waals surface area (Å²) in [6.45, 7) is 1.41. The largest absolute Gasteiger partial charge is 0.357 e. The molecule has 0 fully saturated rings. The number of hydrazone groups is 1. The molecule has 0 amide bonds. The van der Waals surface area contributed by atoms with Crippen LogP contribution in [0.5, 0.6) is 0 Å². The molecule has 0 saturated carbocycles. The van der Waals surface area contributed by atoms with Crippen LogP contribution in [0.25, 0.3) is 0 Å². The van der Waals surface area contributed by atoms with Crippen molar-refractivity contribution in [2.75, 3.05) is 7.05 Å². The van der Waals surface area contributed by atoms with E-state index in [2.05, 4.69) is 39.8 Å². The molecule has 0 aliphatic heterocycles. The summed E-state index contributed by atoms with van der Waals surface area (Å²) in [7, 11) is 1.82. The minimum Gasteiger partial charge on any atom is -0.357 e. The Kier molecular flexibility index (Phi) is 6.11. The maximum atomic E-state index is 5.36. The zero-order chi connectivity index (χ0) is 18.2. The first-order chi connectivity index (χ1) is 12.7. The second kappa shape index (κ2) is 8.92. The Bertz CT molecular complexity index is 858. The van der Waals surface area contributed by atoms with E-state index in [9.17, 15) is 0 Å². The summed E-state index contributed by atoms with van der Waals surface area (Å²) in [6, 6.07) is 20.4. The lowest BCUT2D eigenvalue weighted by atomic mass is 10.2. The van der Waals surface area contributed by atoms with E-state index >= 15 is 0 Å². The van der Waals surface area contributed by atoms with E-state index in [1.807, 2.05) is 54.3 Å². The van der Waals surface area contributed by atoms with Gasteiger partial charge in [-0.1, -0.05) is 60.7 Å². The van der Waals surface area contributed by atoms with Crippen molar-refractivity contribution in [2.45, 2.75) is 13.1 Å². The fourth-order valence-electron chi connectivity index (χ4n) is 2.40. The van der Waals surface area contributed by atoms with Crippen LogP contribution in [0.1, 0.15) is 16.7 Å². The Morgan fingerprint density at radius 2 is 1.77 bits per heavy atom. The number of aromatic nitrogens is 2. The zero-order valence-corrected chi connectivity index (χ0v) is 15.4. The van der Waals surface area contributed by atoms with E-state index in [1.165, 1.54) is 11.1 Å². The topological polar surface area (TPSA) is 45.5 Å². The summed E-state index contributed by atoms with van der Waals surface area (Å²) in [4.78, 5) is 0. The van der Waals surface area contributed by atoms with Gasteiger partial charge in [0.1, 0.15) is 0 Å². The minimum absolute atomic E-state index is 0.571. The van der Waals surface area contributed by atoms with Gasteiger partial charge < -0.3 is 5.32 Å². The van der Waals surface area contributed by atoms with E-state index < -0.39 is 0 Å². The Hall–Kier alpha value is -2.99. The maximum absolute atomic E-state index is 5.36. The lowest BCUT2D eigenvalue weighted by molar-refractivity contribution is 0.532. The van der Waals surface area contributed by atoms with Gasteiger partial charge in [0.2, 0.25) is 0 Å². The molecule has 0 saturated heterocycles. The molecule has 3 aromatic rings. The molecular weight excluding hydrogens is 342 g/mol. The van der Waals surface area contributed by atoms with Gasteiger partial charge in [-0.05, 0) is 23.3 Å². The third-order valence-electron chi connectivity index (χ3n) is 3.80. The van der Waals surface area contributed by atoms with Crippen molar-refractivity contribution in [1.29, 1.82) is 0 Å². The average Bonchev–Trinajstić information content (AvgIpc) is 3.13. The van der Waals surface area contributed by atoms with Gasteiger partial charge in [0.15, 0.2) is 5.11 Å². The first-order valence-corrected chi connectivity index (χ1v) is 8.77. The van der Waals surface area contributed by atoms with E-state index in [0.29, 0.717) is 11.7 Å². The highest BCUT2D eigenvalue weighted by molar-refractivity contribution is 7.80. The highest BCUT2D eigenvalue weighted by atomic mass is 32.1. The molecule has 0 bridgehead atoms. The second-order valence-corrected chi connectivity index (χ2v) is 6.26. The molecular formula is C20H21N5S. The molecule has 3 rings (SSSR count). The average molecular weight is 363 g/mol. The van der Waals surface area contributed by atoms with Crippen molar-refractivity contribution >= 4 is 23.5 Å². The number of nitrogens with zero attached hydrogens (tertiary/aromatic N) is 4. The van der Waals surface area contributed by atoms with Gasteiger partial charge in [-0.2, -0.15) is 10.2 Å². The molecule has 0 aliphatic rings. The molecule has 0 radical (unpaired) electrons. The van der Waals surface area contributed by atoms with E-state index in [4.69, 9.17) is 12.2 Å². The summed E-state index contributed by atoms with van der Waals surface area (Å²) in [5, 5.41) is 14.2. The predicted molar refractivity (Wildman–Crippen MR) is 109 cm³/mol. The number of thiocarbonyl (C=S) groups is 1. The van der Waals surface area contributed by atoms with Crippen LogP contribution in [0.3, 0.4) is 0 Å². The van der Waals surface area contributed by atoms with E-state index in [0.717, 1.165) is 12.1 Å². The number of hydrogen-bond acceptors (Lipinski definition) is 3. The summed E-state index contributed by atoms with van der Waals surface area (Å²) < 4.78 is 1.89. The molecule has 1 N–H and O–H groups in total. The summed E-state index contributed by atoms with van der Waals surface area (Å²) in [5.41, 5.74) is 3.32. The van der Waals surface area contributed by atoms with Gasteiger partial charge in [0.25, 0.3) is 0 Å². The second-order valence-electron chi connectivity index (χ2n) is 5.87. The molecule has 26 heavy (non-hydrogen) atoms. The van der Waals surface area contributed by atoms with Crippen molar-refractivity contribution in [1.82, 2.24) is 20.1 Å². The van der Waals surface area contributed by atoms with E-state index in [-0.39, 0.29) is 0 Å². The van der Waals surface area contributed by atoms with Gasteiger partial charge in [-0.25, -0.2) is 5.01 Å². The fourth-order valence-corrected chi connectivity index (χ4v) is 2.52. The number of benzene rings is 2. The first kappa shape index (κ1) is 17.8. The highest BCUT2D eigenvalue weighted by Gasteiger charge is 2.02. The summed E-state index contributed by atoms with van der Waals surface area (Å²) in [6.07, 6.45) is 5.51. The van der Waals surface area contributed by atoms with Gasteiger partial charge in [0.05, 0.1) is 19.0 Å². The highest BCUT2D eigenvalue weighted by Crippen LogP contribution is 2.03. The van der Waals surface area contributed by atoms with Gasteiger partial charge in [-0.3, -0.25) is 4.68 Å². The van der Waals surface area contributed by atoms with Gasteiger partial charge in [0, 0.05) is 25.4 Å². The molecule has 1 aromatic heterocycles. The van der Waals surface area contributed by atoms with Crippen LogP contribution in [0.4, 0.5) is 0 Å². The van der Waals surface area contributed by atoms with Crippen LogP contribution >= 0.6 is 12.2 Å². The SMILES string of the molecule is CN(/N=C\c1cnn(Cc2ccccc2)c1)C(=S)NCc1ccccc1. The quantitative estimate of drug-likeness (QED) is 0.415. The molecule has 0 spiro atoms. The molecule has 0 atom stereocenters. The van der Waals surface area contributed by atoms with Crippen LogP contribution in [0, 0.1) is 0 Å². The van der Waals surface area contributed by atoms with Crippen LogP contribution < -0.4 is 5.32 Å². The molecule has 5 nitrogen and oxygen atoms in total. The molecule has 6 heteroatoms. The van der Waals surface area contributed by atoms with Crippen molar-refractivity contribution in [2.24, 2.45) is 5.10 Å².